The Morgan fingerprint density at radius 2 is 1.79 bits per heavy atom. The Morgan fingerprint density at radius 1 is 0.976 bits per heavy atom. The molecule has 7 heterocycles. The predicted octanol–water partition coefficient (Wildman–Crippen LogP) is 4.17. The summed E-state index contributed by atoms with van der Waals surface area (Å²) in [7, 11) is 3.11. The Labute approximate surface area is 246 Å². The number of benzene rings is 1. The molecule has 2 bridgehead atoms. The molecule has 8 rings (SSSR count). The minimum absolute atomic E-state index is 0.267. The van der Waals surface area contributed by atoms with Crippen molar-refractivity contribution in [3.05, 3.63) is 24.0 Å². The highest BCUT2D eigenvalue weighted by molar-refractivity contribution is 7.22. The van der Waals surface area contributed by atoms with E-state index in [-0.39, 0.29) is 11.8 Å². The van der Waals surface area contributed by atoms with Gasteiger partial charge >= 0.3 is 6.01 Å². The van der Waals surface area contributed by atoms with E-state index in [1.165, 1.54) is 18.9 Å². The number of alkyl halides is 1. The van der Waals surface area contributed by atoms with Gasteiger partial charge in [-0.15, -0.1) is 0 Å². The number of nitrogen functional groups attached to an aromatic ring is 1. The number of pyridine rings is 1. The molecule has 1 aromatic carbocycles. The highest BCUT2D eigenvalue weighted by Crippen LogP contribution is 2.40. The molecule has 0 aliphatic carbocycles. The third kappa shape index (κ3) is 4.96. The summed E-state index contributed by atoms with van der Waals surface area (Å²) in [6, 6.07) is 6.68. The van der Waals surface area contributed by atoms with Gasteiger partial charge < -0.3 is 25.4 Å². The van der Waals surface area contributed by atoms with E-state index in [4.69, 9.17) is 20.2 Å². The van der Waals surface area contributed by atoms with Crippen molar-refractivity contribution in [2.45, 2.75) is 56.4 Å². The lowest BCUT2D eigenvalue weighted by atomic mass is 10.0. The lowest BCUT2D eigenvalue weighted by molar-refractivity contribution is 0.292. The third-order valence-electron chi connectivity index (χ3n) is 8.75. The van der Waals surface area contributed by atoms with E-state index in [0.29, 0.717) is 68.1 Å². The largest absolute Gasteiger partial charge is 0.481 e. The van der Waals surface area contributed by atoms with Crippen LogP contribution in [0, 0.1) is 5.82 Å². The van der Waals surface area contributed by atoms with E-state index in [9.17, 15) is 8.78 Å². The Hall–Kier alpha value is -3.42. The molecule has 0 radical (unpaired) electrons. The van der Waals surface area contributed by atoms with Crippen molar-refractivity contribution in [3.8, 4) is 23.0 Å². The van der Waals surface area contributed by atoms with Crippen LogP contribution in [-0.2, 0) is 0 Å². The molecule has 4 fully saturated rings. The number of piperazine rings is 1. The highest BCUT2D eigenvalue weighted by atomic mass is 32.1. The number of ether oxygens (including phenoxy) is 2. The van der Waals surface area contributed by atoms with Gasteiger partial charge in [-0.25, -0.2) is 18.7 Å². The Bertz CT molecular complexity index is 1610. The van der Waals surface area contributed by atoms with Crippen LogP contribution in [0.1, 0.15) is 32.1 Å². The summed E-state index contributed by atoms with van der Waals surface area (Å²) in [5.74, 6) is 0.743. The smallest absolute Gasteiger partial charge is 0.318 e. The molecule has 3 aromatic heterocycles. The fraction of sp³-hybridized carbons (Fsp3) is 0.517. The molecule has 42 heavy (non-hydrogen) atoms. The molecule has 4 saturated heterocycles. The average molecular weight is 597 g/mol. The molecule has 4 aliphatic heterocycles. The fourth-order valence-corrected chi connectivity index (χ4v) is 7.64. The quantitative estimate of drug-likeness (QED) is 0.356. The fourth-order valence-electron chi connectivity index (χ4n) is 6.87. The zero-order chi connectivity index (χ0) is 29.0. The van der Waals surface area contributed by atoms with Crippen LogP contribution in [0.4, 0.5) is 19.7 Å². The first-order valence-corrected chi connectivity index (χ1v) is 15.3. The maximum Gasteiger partial charge on any atom is 0.318 e. The van der Waals surface area contributed by atoms with Gasteiger partial charge in [0.1, 0.15) is 17.5 Å². The standard InChI is InChI=1S/C22H22FN7O2S.C7H12FN/c1-31-20-13(12-5-6-14(23)18-16(12)28-21(24)33-18)7-15-17(27-20)19(29-22(26-15)32-2)30-8-10-3-4-11(9-30)25-10;8-6-4-7-2-1-3-9(7)5-6/h5-7,10-11,25H,3-4,8-9H2,1-2H3,(H2,24,28);6-7H,1-5H2. The van der Waals surface area contributed by atoms with Crippen LogP contribution in [0.5, 0.6) is 11.9 Å². The number of methoxy groups -OCH3 is 2. The Kier molecular flexibility index (Phi) is 7.19. The summed E-state index contributed by atoms with van der Waals surface area (Å²) in [5, 5.41) is 3.93. The number of halogens is 2. The lowest BCUT2D eigenvalue weighted by Gasteiger charge is -2.34. The van der Waals surface area contributed by atoms with Gasteiger partial charge in [0.05, 0.1) is 30.0 Å². The van der Waals surface area contributed by atoms with E-state index in [0.717, 1.165) is 56.1 Å². The van der Waals surface area contributed by atoms with Crippen LogP contribution in [0.25, 0.3) is 32.4 Å². The summed E-state index contributed by atoms with van der Waals surface area (Å²) < 4.78 is 38.5. The van der Waals surface area contributed by atoms with Crippen LogP contribution in [0.15, 0.2) is 18.2 Å². The molecule has 10 nitrogen and oxygen atoms in total. The van der Waals surface area contributed by atoms with Crippen LogP contribution < -0.4 is 25.4 Å². The number of nitrogens with two attached hydrogens (primary N) is 1. The molecule has 4 unspecified atom stereocenters. The lowest BCUT2D eigenvalue weighted by Crippen LogP contribution is -2.51. The second kappa shape index (κ2) is 11.0. The Balaban J connectivity index is 0.000000272. The summed E-state index contributed by atoms with van der Waals surface area (Å²) in [6.45, 7) is 3.54. The van der Waals surface area contributed by atoms with Crippen molar-refractivity contribution in [1.29, 1.82) is 0 Å². The number of anilines is 2. The monoisotopic (exact) mass is 596 g/mol. The Morgan fingerprint density at radius 3 is 2.52 bits per heavy atom. The van der Waals surface area contributed by atoms with Gasteiger partial charge in [-0.05, 0) is 56.8 Å². The van der Waals surface area contributed by atoms with Gasteiger partial charge in [-0.1, -0.05) is 11.3 Å². The second-order valence-electron chi connectivity index (χ2n) is 11.4. The summed E-state index contributed by atoms with van der Waals surface area (Å²) in [5.41, 5.74) is 8.91. The molecule has 4 atom stereocenters. The van der Waals surface area contributed by atoms with Crippen molar-refractivity contribution < 1.29 is 18.3 Å². The number of thiazole rings is 1. The molecule has 0 saturated carbocycles. The molecule has 4 aliphatic rings. The maximum absolute atomic E-state index is 14.4. The number of nitrogens with one attached hydrogen (secondary N) is 1. The van der Waals surface area contributed by atoms with E-state index in [2.05, 4.69) is 30.1 Å². The molecule has 222 valence electrons. The molecular formula is C29H34F2N8O2S. The van der Waals surface area contributed by atoms with E-state index in [1.54, 1.807) is 20.3 Å². The summed E-state index contributed by atoms with van der Waals surface area (Å²) in [4.78, 5) is 22.9. The van der Waals surface area contributed by atoms with E-state index >= 15 is 0 Å². The first-order valence-electron chi connectivity index (χ1n) is 14.4. The first kappa shape index (κ1) is 27.4. The summed E-state index contributed by atoms with van der Waals surface area (Å²) >= 11 is 1.11. The number of rotatable bonds is 4. The number of aromatic nitrogens is 4. The van der Waals surface area contributed by atoms with Gasteiger partial charge in [0.25, 0.3) is 0 Å². The van der Waals surface area contributed by atoms with E-state index < -0.39 is 6.17 Å². The van der Waals surface area contributed by atoms with E-state index in [1.807, 2.05) is 6.07 Å². The average Bonchev–Trinajstić information content (AvgIpc) is 3.76. The number of fused-ring (bicyclic) bond motifs is 5. The molecule has 13 heteroatoms. The second-order valence-corrected chi connectivity index (χ2v) is 12.5. The number of hydrogen-bond donors (Lipinski definition) is 2. The van der Waals surface area contributed by atoms with Crippen LogP contribution in [0.2, 0.25) is 0 Å². The van der Waals surface area contributed by atoms with Crippen LogP contribution >= 0.6 is 11.3 Å². The molecular weight excluding hydrogens is 562 g/mol. The minimum atomic E-state index is -0.518. The van der Waals surface area contributed by atoms with Gasteiger partial charge in [0, 0.05) is 48.9 Å². The summed E-state index contributed by atoms with van der Waals surface area (Å²) in [6.07, 6.45) is 5.12. The number of hydrogen-bond acceptors (Lipinski definition) is 11. The van der Waals surface area contributed by atoms with Crippen LogP contribution in [-0.4, -0.2) is 89.5 Å². The zero-order valence-corrected chi connectivity index (χ0v) is 24.5. The van der Waals surface area contributed by atoms with Gasteiger partial charge in [-0.3, -0.25) is 4.90 Å². The maximum atomic E-state index is 14.4. The topological polar surface area (TPSA) is 115 Å². The minimum Gasteiger partial charge on any atom is -0.481 e. The zero-order valence-electron chi connectivity index (χ0n) is 23.6. The van der Waals surface area contributed by atoms with Crippen molar-refractivity contribution in [3.63, 3.8) is 0 Å². The van der Waals surface area contributed by atoms with Gasteiger partial charge in [0.15, 0.2) is 10.9 Å². The van der Waals surface area contributed by atoms with Crippen molar-refractivity contribution in [1.82, 2.24) is 30.2 Å². The van der Waals surface area contributed by atoms with Crippen molar-refractivity contribution in [2.75, 3.05) is 51.0 Å². The number of nitrogens with zero attached hydrogens (tertiary/aromatic N) is 6. The first-order chi connectivity index (χ1) is 20.4. The molecule has 4 aromatic rings. The highest BCUT2D eigenvalue weighted by Gasteiger charge is 2.35. The third-order valence-corrected chi connectivity index (χ3v) is 9.64. The van der Waals surface area contributed by atoms with Crippen molar-refractivity contribution in [2.24, 2.45) is 0 Å². The SMILES string of the molecule is COc1nc(N2CC3CCC(C2)N3)c2nc(OC)c(-c3ccc(F)c4sc(N)nc34)cc2n1.FC1CC2CCCN2C1. The normalized spacial score (nSPS) is 25.1. The predicted molar refractivity (Wildman–Crippen MR) is 160 cm³/mol. The van der Waals surface area contributed by atoms with Crippen LogP contribution in [0.3, 0.4) is 0 Å². The molecule has 3 N–H and O–H groups in total. The molecule has 0 spiro atoms. The van der Waals surface area contributed by atoms with Crippen molar-refractivity contribution >= 4 is 43.5 Å². The van der Waals surface area contributed by atoms with Gasteiger partial charge in [0.2, 0.25) is 5.88 Å². The molecule has 0 amide bonds. The van der Waals surface area contributed by atoms with Gasteiger partial charge in [-0.2, -0.15) is 9.97 Å².